The highest BCUT2D eigenvalue weighted by molar-refractivity contribution is 5.77. The number of rotatable bonds is 6. The quantitative estimate of drug-likeness (QED) is 0.862. The molecule has 0 saturated carbocycles. The van der Waals surface area contributed by atoms with Gasteiger partial charge in [0.05, 0.1) is 6.04 Å². The molecule has 138 valence electrons. The maximum atomic E-state index is 12.5. The lowest BCUT2D eigenvalue weighted by molar-refractivity contribution is -0.122. The summed E-state index contributed by atoms with van der Waals surface area (Å²) in [7, 11) is 0. The largest absolute Gasteiger partial charge is 0.349 e. The summed E-state index contributed by atoms with van der Waals surface area (Å²) in [6.07, 6.45) is 1.65. The highest BCUT2D eigenvalue weighted by Crippen LogP contribution is 2.43. The van der Waals surface area contributed by atoms with Crippen LogP contribution >= 0.6 is 0 Å². The number of likely N-dealkylation sites (N-methyl/N-ethyl adjacent to an activating group) is 1. The molecule has 0 unspecified atom stereocenters. The van der Waals surface area contributed by atoms with Crippen LogP contribution in [0.3, 0.4) is 0 Å². The maximum absolute atomic E-state index is 12.5. The van der Waals surface area contributed by atoms with Crippen molar-refractivity contribution in [2.24, 2.45) is 5.92 Å². The first-order valence-electron chi connectivity index (χ1n) is 9.91. The minimum atomic E-state index is 0.188. The fourth-order valence-electron chi connectivity index (χ4n) is 4.30. The number of carbonyl (C=O) groups excluding carboxylic acids is 1. The number of hydrogen-bond acceptors (Lipinski definition) is 3. The first-order valence-corrected chi connectivity index (χ1v) is 9.91. The number of piperazine rings is 1. The predicted octanol–water partition coefficient (Wildman–Crippen LogP) is 3.01. The van der Waals surface area contributed by atoms with Gasteiger partial charge in [-0.2, -0.15) is 0 Å². The van der Waals surface area contributed by atoms with Crippen LogP contribution in [0.15, 0.2) is 24.3 Å². The summed E-state index contributed by atoms with van der Waals surface area (Å²) < 4.78 is 0. The van der Waals surface area contributed by atoms with Crippen LogP contribution in [0, 0.1) is 5.92 Å². The molecule has 1 N–H and O–H groups in total. The van der Waals surface area contributed by atoms with E-state index < -0.39 is 0 Å². The Morgan fingerprint density at radius 3 is 2.40 bits per heavy atom. The second-order valence-corrected chi connectivity index (χ2v) is 7.86. The van der Waals surface area contributed by atoms with Crippen molar-refractivity contribution >= 4 is 5.91 Å². The van der Waals surface area contributed by atoms with Gasteiger partial charge in [-0.25, -0.2) is 0 Å². The van der Waals surface area contributed by atoms with E-state index in [0.717, 1.165) is 45.7 Å². The van der Waals surface area contributed by atoms with E-state index >= 15 is 0 Å². The first kappa shape index (κ1) is 18.4. The summed E-state index contributed by atoms with van der Waals surface area (Å²) in [5.74, 6) is 1.36. The lowest BCUT2D eigenvalue weighted by Gasteiger charge is -2.33. The van der Waals surface area contributed by atoms with Crippen molar-refractivity contribution in [2.75, 3.05) is 39.3 Å². The van der Waals surface area contributed by atoms with Gasteiger partial charge in [0.25, 0.3) is 0 Å². The lowest BCUT2D eigenvalue weighted by Crippen LogP contribution is -2.47. The van der Waals surface area contributed by atoms with Crippen LogP contribution in [-0.4, -0.2) is 55.0 Å². The average molecular weight is 344 g/mol. The maximum Gasteiger partial charge on any atom is 0.221 e. The summed E-state index contributed by atoms with van der Waals surface area (Å²) >= 11 is 0. The number of benzene rings is 1. The Hall–Kier alpha value is -1.39. The van der Waals surface area contributed by atoms with Gasteiger partial charge in [0, 0.05) is 39.1 Å². The lowest BCUT2D eigenvalue weighted by atomic mass is 9.90. The minimum Gasteiger partial charge on any atom is -0.349 e. The molecule has 25 heavy (non-hydrogen) atoms. The Balaban J connectivity index is 1.50. The first-order chi connectivity index (χ1) is 12.1. The zero-order valence-corrected chi connectivity index (χ0v) is 16.0. The van der Waals surface area contributed by atoms with Gasteiger partial charge in [-0.3, -0.25) is 4.79 Å². The molecule has 0 radical (unpaired) electrons. The van der Waals surface area contributed by atoms with Gasteiger partial charge < -0.3 is 15.1 Å². The normalized spacial score (nSPS) is 24.5. The molecule has 0 bridgehead atoms. The standard InChI is InChI=1S/C21H33N3O/c1-4-23-11-13-24(14-12-23)10-9-21(25)22-20-15-19(16(2)3)17-7-5-6-8-18(17)20/h5-8,16,19-20H,4,9-15H2,1-3H3,(H,22,25)/t19-,20-/m1/s1. The number of nitrogens with one attached hydrogen (secondary N) is 1. The summed E-state index contributed by atoms with van der Waals surface area (Å²) in [5, 5.41) is 3.30. The average Bonchev–Trinajstić information content (AvgIpc) is 2.99. The molecule has 1 fully saturated rings. The highest BCUT2D eigenvalue weighted by atomic mass is 16.1. The molecule has 1 aliphatic heterocycles. The van der Waals surface area contributed by atoms with Gasteiger partial charge in [-0.1, -0.05) is 45.0 Å². The fraction of sp³-hybridized carbons (Fsp3) is 0.667. The fourth-order valence-corrected chi connectivity index (χ4v) is 4.30. The third-order valence-corrected chi connectivity index (χ3v) is 5.97. The Morgan fingerprint density at radius 1 is 1.12 bits per heavy atom. The van der Waals surface area contributed by atoms with Gasteiger partial charge >= 0.3 is 0 Å². The molecule has 2 atom stereocenters. The monoisotopic (exact) mass is 343 g/mol. The van der Waals surface area contributed by atoms with E-state index in [4.69, 9.17) is 0 Å². The van der Waals surface area contributed by atoms with Crippen molar-refractivity contribution in [3.63, 3.8) is 0 Å². The van der Waals surface area contributed by atoms with Crippen molar-refractivity contribution in [2.45, 2.75) is 45.6 Å². The van der Waals surface area contributed by atoms with Crippen LogP contribution in [0.5, 0.6) is 0 Å². The molecule has 1 heterocycles. The number of carbonyl (C=O) groups is 1. The van der Waals surface area contributed by atoms with Crippen molar-refractivity contribution in [3.8, 4) is 0 Å². The summed E-state index contributed by atoms with van der Waals surface area (Å²) in [5.41, 5.74) is 2.75. The molecular weight excluding hydrogens is 310 g/mol. The minimum absolute atomic E-state index is 0.188. The number of amides is 1. The number of nitrogens with zero attached hydrogens (tertiary/aromatic N) is 2. The molecule has 1 aliphatic carbocycles. The smallest absolute Gasteiger partial charge is 0.221 e. The van der Waals surface area contributed by atoms with Crippen LogP contribution in [0.4, 0.5) is 0 Å². The van der Waals surface area contributed by atoms with Gasteiger partial charge in [-0.05, 0) is 35.9 Å². The van der Waals surface area contributed by atoms with Crippen LogP contribution < -0.4 is 5.32 Å². The van der Waals surface area contributed by atoms with Crippen LogP contribution in [0.2, 0.25) is 0 Å². The molecule has 4 heteroatoms. The zero-order chi connectivity index (χ0) is 17.8. The second-order valence-electron chi connectivity index (χ2n) is 7.86. The summed E-state index contributed by atoms with van der Waals surface area (Å²) in [6.45, 7) is 13.2. The molecule has 0 spiro atoms. The van der Waals surface area contributed by atoms with E-state index in [0.29, 0.717) is 18.3 Å². The molecule has 1 saturated heterocycles. The van der Waals surface area contributed by atoms with Crippen molar-refractivity contribution in [1.29, 1.82) is 0 Å². The van der Waals surface area contributed by atoms with Crippen molar-refractivity contribution in [1.82, 2.24) is 15.1 Å². The van der Waals surface area contributed by atoms with E-state index in [1.807, 2.05) is 0 Å². The van der Waals surface area contributed by atoms with Gasteiger partial charge in [-0.15, -0.1) is 0 Å². The molecule has 0 aromatic heterocycles. The Kier molecular flexibility index (Phi) is 6.13. The third kappa shape index (κ3) is 4.42. The molecule has 1 aromatic carbocycles. The summed E-state index contributed by atoms with van der Waals surface area (Å²) in [4.78, 5) is 17.4. The van der Waals surface area contributed by atoms with Crippen LogP contribution in [-0.2, 0) is 4.79 Å². The Bertz CT molecular complexity index is 578. The van der Waals surface area contributed by atoms with Gasteiger partial charge in [0.1, 0.15) is 0 Å². The van der Waals surface area contributed by atoms with Gasteiger partial charge in [0.2, 0.25) is 5.91 Å². The molecule has 2 aliphatic rings. The SMILES string of the molecule is CCN1CCN(CCC(=O)N[C@@H]2C[C@H](C(C)C)c3ccccc32)CC1. The van der Waals surface area contributed by atoms with Crippen LogP contribution in [0.25, 0.3) is 0 Å². The van der Waals surface area contributed by atoms with Crippen molar-refractivity contribution < 1.29 is 4.79 Å². The second kappa shape index (κ2) is 8.33. The van der Waals surface area contributed by atoms with Gasteiger partial charge in [0.15, 0.2) is 0 Å². The Labute approximate surface area is 152 Å². The topological polar surface area (TPSA) is 35.6 Å². The molecule has 4 nitrogen and oxygen atoms in total. The highest BCUT2D eigenvalue weighted by Gasteiger charge is 2.33. The number of fused-ring (bicyclic) bond motifs is 1. The Morgan fingerprint density at radius 2 is 1.76 bits per heavy atom. The number of hydrogen-bond donors (Lipinski definition) is 1. The van der Waals surface area contributed by atoms with E-state index in [1.165, 1.54) is 11.1 Å². The molecule has 1 amide bonds. The zero-order valence-electron chi connectivity index (χ0n) is 16.0. The van der Waals surface area contributed by atoms with E-state index in [-0.39, 0.29) is 11.9 Å². The van der Waals surface area contributed by atoms with E-state index in [1.54, 1.807) is 0 Å². The van der Waals surface area contributed by atoms with E-state index in [9.17, 15) is 4.79 Å². The predicted molar refractivity (Wildman–Crippen MR) is 103 cm³/mol. The van der Waals surface area contributed by atoms with Crippen LogP contribution in [0.1, 0.15) is 56.7 Å². The molecule has 3 rings (SSSR count). The third-order valence-electron chi connectivity index (χ3n) is 5.97. The summed E-state index contributed by atoms with van der Waals surface area (Å²) in [6, 6.07) is 8.82. The van der Waals surface area contributed by atoms with Crippen molar-refractivity contribution in [3.05, 3.63) is 35.4 Å². The molecule has 1 aromatic rings. The van der Waals surface area contributed by atoms with E-state index in [2.05, 4.69) is 60.2 Å². The molecular formula is C21H33N3O.